The lowest BCUT2D eigenvalue weighted by atomic mass is 9.92. The van der Waals surface area contributed by atoms with Crippen LogP contribution in [0.5, 0.6) is 0 Å². The molecule has 2 aromatic carbocycles. The lowest BCUT2D eigenvalue weighted by molar-refractivity contribution is -0.136. The fraction of sp³-hybridized carbons (Fsp3) is 0.393. The number of aromatic nitrogens is 1. The van der Waals surface area contributed by atoms with E-state index in [1.165, 1.54) is 0 Å². The standard InChI is InChI=1S/C28H34N4O5/c1-16(2)11-18(14-25(34)32-37)27(35)30-23(12-19-15-29-22-10-6-5-8-20(19)22)28(36)31-26-21-9-4-3-7-17(21)13-24(26)33/h3-10,15-16,18,23-24,26,29,33,37H,11-14H2,1-2H3,(H,30,35)(H,31,36)(H,32,34)/t18-,23+,24+,26-/m1/s1. The second kappa shape index (κ2) is 11.6. The van der Waals surface area contributed by atoms with Crippen molar-refractivity contribution in [3.63, 3.8) is 0 Å². The van der Waals surface area contributed by atoms with Crippen LogP contribution in [0.15, 0.2) is 54.7 Å². The normalized spacial score (nSPS) is 18.3. The van der Waals surface area contributed by atoms with Crippen LogP contribution >= 0.6 is 0 Å². The minimum Gasteiger partial charge on any atom is -0.390 e. The highest BCUT2D eigenvalue weighted by Crippen LogP contribution is 2.31. The van der Waals surface area contributed by atoms with Crippen molar-refractivity contribution >= 4 is 28.6 Å². The average molecular weight is 507 g/mol. The summed E-state index contributed by atoms with van der Waals surface area (Å²) in [6.45, 7) is 3.87. The molecule has 1 heterocycles. The molecule has 0 saturated carbocycles. The molecule has 9 nitrogen and oxygen atoms in total. The molecule has 3 aromatic rings. The van der Waals surface area contributed by atoms with E-state index in [0.717, 1.165) is 27.6 Å². The van der Waals surface area contributed by atoms with Gasteiger partial charge in [-0.2, -0.15) is 0 Å². The Balaban J connectivity index is 1.59. The topological polar surface area (TPSA) is 144 Å². The molecule has 1 aliphatic rings. The second-order valence-corrected chi connectivity index (χ2v) is 10.1. The van der Waals surface area contributed by atoms with E-state index in [9.17, 15) is 19.5 Å². The minimum absolute atomic E-state index is 0.119. The number of amides is 3. The summed E-state index contributed by atoms with van der Waals surface area (Å²) in [6.07, 6.45) is 1.92. The first-order valence-electron chi connectivity index (χ1n) is 12.6. The summed E-state index contributed by atoms with van der Waals surface area (Å²) < 4.78 is 0. The zero-order chi connectivity index (χ0) is 26.5. The third kappa shape index (κ3) is 6.18. The Labute approximate surface area is 215 Å². The molecular formula is C28H34N4O5. The molecule has 1 aromatic heterocycles. The number of benzene rings is 2. The van der Waals surface area contributed by atoms with Crippen molar-refractivity contribution in [2.24, 2.45) is 11.8 Å². The number of aliphatic hydroxyl groups excluding tert-OH is 1. The highest BCUT2D eigenvalue weighted by atomic mass is 16.5. The van der Waals surface area contributed by atoms with Crippen molar-refractivity contribution in [1.82, 2.24) is 21.1 Å². The summed E-state index contributed by atoms with van der Waals surface area (Å²) in [4.78, 5) is 42.0. The van der Waals surface area contributed by atoms with Crippen LogP contribution in [-0.2, 0) is 27.2 Å². The van der Waals surface area contributed by atoms with Gasteiger partial charge in [0.1, 0.15) is 6.04 Å². The first-order valence-corrected chi connectivity index (χ1v) is 12.6. The third-order valence-electron chi connectivity index (χ3n) is 6.92. The number of aliphatic hydroxyl groups is 1. The number of H-pyrrole nitrogens is 1. The first kappa shape index (κ1) is 26.4. The van der Waals surface area contributed by atoms with Crippen LogP contribution in [0, 0.1) is 11.8 Å². The summed E-state index contributed by atoms with van der Waals surface area (Å²) in [5, 5.41) is 26.4. The van der Waals surface area contributed by atoms with E-state index in [0.29, 0.717) is 12.8 Å². The molecule has 0 spiro atoms. The molecule has 0 radical (unpaired) electrons. The van der Waals surface area contributed by atoms with Crippen LogP contribution in [0.25, 0.3) is 10.9 Å². The first-order chi connectivity index (χ1) is 17.8. The van der Waals surface area contributed by atoms with Crippen molar-refractivity contribution in [3.05, 3.63) is 71.4 Å². The molecule has 4 rings (SSSR count). The van der Waals surface area contributed by atoms with Gasteiger partial charge in [-0.3, -0.25) is 19.6 Å². The molecule has 0 aliphatic heterocycles. The largest absolute Gasteiger partial charge is 0.390 e. The van der Waals surface area contributed by atoms with Gasteiger partial charge < -0.3 is 20.7 Å². The fourth-order valence-electron chi connectivity index (χ4n) is 5.14. The van der Waals surface area contributed by atoms with Crippen LogP contribution in [0.4, 0.5) is 0 Å². The predicted octanol–water partition coefficient (Wildman–Crippen LogP) is 2.53. The highest BCUT2D eigenvalue weighted by Gasteiger charge is 2.35. The monoisotopic (exact) mass is 506 g/mol. The number of hydrogen-bond donors (Lipinski definition) is 6. The van der Waals surface area contributed by atoms with Crippen molar-refractivity contribution in [3.8, 4) is 0 Å². The van der Waals surface area contributed by atoms with Gasteiger partial charge in [0.25, 0.3) is 0 Å². The number of hydrogen-bond acceptors (Lipinski definition) is 5. The van der Waals surface area contributed by atoms with Gasteiger partial charge >= 0.3 is 0 Å². The zero-order valence-corrected chi connectivity index (χ0v) is 21.0. The number of carbonyl (C=O) groups excluding carboxylic acids is 3. The van der Waals surface area contributed by atoms with Crippen LogP contribution in [-0.4, -0.2) is 45.2 Å². The van der Waals surface area contributed by atoms with E-state index in [1.54, 1.807) is 5.48 Å². The van der Waals surface area contributed by atoms with Crippen molar-refractivity contribution in [1.29, 1.82) is 0 Å². The van der Waals surface area contributed by atoms with E-state index in [2.05, 4.69) is 15.6 Å². The number of nitrogens with one attached hydrogen (secondary N) is 4. The molecule has 3 amide bonds. The number of aromatic amines is 1. The number of carbonyl (C=O) groups is 3. The van der Waals surface area contributed by atoms with Crippen LogP contribution in [0.3, 0.4) is 0 Å². The summed E-state index contributed by atoms with van der Waals surface area (Å²) in [5.41, 5.74) is 5.20. The Kier molecular flexibility index (Phi) is 8.25. The molecule has 4 atom stereocenters. The van der Waals surface area contributed by atoms with Gasteiger partial charge in [0, 0.05) is 42.3 Å². The quantitative estimate of drug-likeness (QED) is 0.185. The minimum atomic E-state index is -0.946. The SMILES string of the molecule is CC(C)C[C@H](CC(=O)NO)C(=O)N[C@@H](Cc1c[nH]c2ccccc12)C(=O)N[C@@H]1c2ccccc2C[C@@H]1O. The highest BCUT2D eigenvalue weighted by molar-refractivity contribution is 5.92. The Morgan fingerprint density at radius 3 is 2.54 bits per heavy atom. The van der Waals surface area contributed by atoms with E-state index >= 15 is 0 Å². The maximum Gasteiger partial charge on any atom is 0.244 e. The second-order valence-electron chi connectivity index (χ2n) is 10.1. The summed E-state index contributed by atoms with van der Waals surface area (Å²) in [6, 6.07) is 13.7. The Bertz CT molecular complexity index is 1270. The maximum absolute atomic E-state index is 13.6. The Morgan fingerprint density at radius 1 is 1.05 bits per heavy atom. The molecular weight excluding hydrogens is 472 g/mol. The molecule has 37 heavy (non-hydrogen) atoms. The summed E-state index contributed by atoms with van der Waals surface area (Å²) in [5.74, 6) is -2.13. The van der Waals surface area contributed by atoms with Gasteiger partial charge in [-0.15, -0.1) is 0 Å². The van der Waals surface area contributed by atoms with Crippen LogP contribution in [0.2, 0.25) is 0 Å². The predicted molar refractivity (Wildman–Crippen MR) is 138 cm³/mol. The number of fused-ring (bicyclic) bond motifs is 2. The van der Waals surface area contributed by atoms with Gasteiger partial charge in [0.15, 0.2) is 0 Å². The van der Waals surface area contributed by atoms with E-state index in [-0.39, 0.29) is 18.8 Å². The summed E-state index contributed by atoms with van der Waals surface area (Å²) >= 11 is 0. The molecule has 9 heteroatoms. The van der Waals surface area contributed by atoms with Crippen molar-refractivity contribution < 1.29 is 24.7 Å². The molecule has 0 saturated heterocycles. The van der Waals surface area contributed by atoms with Gasteiger partial charge in [0.2, 0.25) is 17.7 Å². The van der Waals surface area contributed by atoms with Gasteiger partial charge in [0.05, 0.1) is 12.1 Å². The number of para-hydroxylation sites is 1. The summed E-state index contributed by atoms with van der Waals surface area (Å²) in [7, 11) is 0. The van der Waals surface area contributed by atoms with Crippen molar-refractivity contribution in [2.75, 3.05) is 0 Å². The number of rotatable bonds is 10. The molecule has 0 unspecified atom stereocenters. The van der Waals surface area contributed by atoms with E-state index in [4.69, 9.17) is 5.21 Å². The lowest BCUT2D eigenvalue weighted by Gasteiger charge is -2.25. The lowest BCUT2D eigenvalue weighted by Crippen LogP contribution is -2.51. The molecule has 0 fully saturated rings. The molecule has 196 valence electrons. The van der Waals surface area contributed by atoms with Crippen LogP contribution < -0.4 is 16.1 Å². The third-order valence-corrected chi connectivity index (χ3v) is 6.92. The molecule has 0 bridgehead atoms. The smallest absolute Gasteiger partial charge is 0.244 e. The van der Waals surface area contributed by atoms with E-state index < -0.39 is 41.8 Å². The van der Waals surface area contributed by atoms with Gasteiger partial charge in [-0.25, -0.2) is 5.48 Å². The Morgan fingerprint density at radius 2 is 1.78 bits per heavy atom. The zero-order valence-electron chi connectivity index (χ0n) is 21.0. The van der Waals surface area contributed by atoms with Gasteiger partial charge in [-0.05, 0) is 35.1 Å². The molecule has 1 aliphatic carbocycles. The van der Waals surface area contributed by atoms with Crippen molar-refractivity contribution in [2.45, 2.75) is 57.7 Å². The molecule has 6 N–H and O–H groups in total. The van der Waals surface area contributed by atoms with Gasteiger partial charge in [-0.1, -0.05) is 56.3 Å². The average Bonchev–Trinajstić information content (AvgIpc) is 3.43. The van der Waals surface area contributed by atoms with E-state index in [1.807, 2.05) is 68.6 Å². The Hall–Kier alpha value is -3.69. The maximum atomic E-state index is 13.6. The fourth-order valence-corrected chi connectivity index (χ4v) is 5.14. The number of hydroxylamine groups is 1. The van der Waals surface area contributed by atoms with Crippen LogP contribution in [0.1, 0.15) is 49.4 Å².